The number of allylic oxidation sites excluding steroid dienone is 2. The summed E-state index contributed by atoms with van der Waals surface area (Å²) in [5, 5.41) is 3.08. The summed E-state index contributed by atoms with van der Waals surface area (Å²) in [7, 11) is 0. The number of dihydropyridines is 1. The predicted octanol–water partition coefficient (Wildman–Crippen LogP) is 4.84. The van der Waals surface area contributed by atoms with Gasteiger partial charge in [-0.15, -0.1) is 0 Å². The number of rotatable bonds is 11. The van der Waals surface area contributed by atoms with Gasteiger partial charge in [-0.05, 0) is 45.4 Å². The van der Waals surface area contributed by atoms with Crippen LogP contribution >= 0.6 is 0 Å². The molecule has 1 atom stereocenters. The first-order valence-electron chi connectivity index (χ1n) is 13.9. The van der Waals surface area contributed by atoms with Gasteiger partial charge >= 0.3 is 18.6 Å². The Labute approximate surface area is 239 Å². The second kappa shape index (κ2) is 14.1. The normalized spacial score (nSPS) is 17.9. The highest BCUT2D eigenvalue weighted by atomic mass is 19.3. The number of hydrogen-bond donors (Lipinski definition) is 1. The molecule has 0 spiro atoms. The minimum absolute atomic E-state index is 0.111. The zero-order valence-corrected chi connectivity index (χ0v) is 23.7. The number of nitrogens with zero attached hydrogens (tertiary/aromatic N) is 2. The molecule has 1 N–H and O–H groups in total. The lowest BCUT2D eigenvalue weighted by Gasteiger charge is -2.36. The molecule has 0 radical (unpaired) electrons. The van der Waals surface area contributed by atoms with Crippen LogP contribution in [0.2, 0.25) is 0 Å². The molecule has 2 aliphatic heterocycles. The molecule has 8 nitrogen and oxygen atoms in total. The van der Waals surface area contributed by atoms with Gasteiger partial charge in [-0.25, -0.2) is 9.59 Å². The molecule has 220 valence electrons. The lowest BCUT2D eigenvalue weighted by Crippen LogP contribution is -2.46. The van der Waals surface area contributed by atoms with Crippen molar-refractivity contribution in [2.75, 3.05) is 50.8 Å². The van der Waals surface area contributed by atoms with Crippen LogP contribution in [-0.4, -0.2) is 69.4 Å². The molecule has 41 heavy (non-hydrogen) atoms. The molecule has 0 aliphatic carbocycles. The molecule has 2 aromatic rings. The number of anilines is 1. The van der Waals surface area contributed by atoms with Crippen LogP contribution in [0.4, 0.5) is 14.5 Å². The first-order valence-corrected chi connectivity index (χ1v) is 13.9. The lowest BCUT2D eigenvalue weighted by atomic mass is 9.80. The standard InChI is InChI=1S/C31H37F2N3O5/c1-4-39-29(37)26-21(2)34-22(3)27(28(26)24-13-8-9-14-25(24)41-31(32)33)30(38)40-20-10-15-35-16-18-36(19-17-35)23-11-6-5-7-12-23/h5-9,11-14,28,31,34H,4,10,15-20H2,1-3H3. The third-order valence-corrected chi connectivity index (χ3v) is 7.27. The SMILES string of the molecule is CCOC(=O)C1=C(C)NC(C)=C(C(=O)OCCCN2CCN(c3ccccc3)CC2)C1c1ccccc1OC(F)F. The van der Waals surface area contributed by atoms with Gasteiger partial charge in [-0.1, -0.05) is 36.4 Å². The molecule has 2 aliphatic rings. The number of benzene rings is 2. The first-order chi connectivity index (χ1) is 19.8. The highest BCUT2D eigenvalue weighted by molar-refractivity contribution is 6.00. The third-order valence-electron chi connectivity index (χ3n) is 7.27. The Bertz CT molecular complexity index is 1270. The number of para-hydroxylation sites is 2. The van der Waals surface area contributed by atoms with Crippen molar-refractivity contribution in [3.8, 4) is 5.75 Å². The van der Waals surface area contributed by atoms with Crippen LogP contribution in [0.25, 0.3) is 0 Å². The summed E-state index contributed by atoms with van der Waals surface area (Å²) in [6.45, 7) is 6.68. The Morgan fingerprint density at radius 3 is 2.15 bits per heavy atom. The van der Waals surface area contributed by atoms with Crippen molar-refractivity contribution in [2.24, 2.45) is 0 Å². The van der Waals surface area contributed by atoms with Crippen LogP contribution < -0.4 is 15.0 Å². The molecular formula is C31H37F2N3O5. The zero-order valence-electron chi connectivity index (χ0n) is 23.7. The van der Waals surface area contributed by atoms with E-state index >= 15 is 0 Å². The van der Waals surface area contributed by atoms with E-state index in [0.717, 1.165) is 32.7 Å². The highest BCUT2D eigenvalue weighted by Gasteiger charge is 2.39. The third kappa shape index (κ3) is 7.43. The Kier molecular flexibility index (Phi) is 10.3. The molecule has 0 aromatic heterocycles. The second-order valence-electron chi connectivity index (χ2n) is 9.93. The maximum atomic E-state index is 13.5. The van der Waals surface area contributed by atoms with Gasteiger partial charge in [0.1, 0.15) is 5.75 Å². The number of hydrogen-bond acceptors (Lipinski definition) is 8. The molecule has 10 heteroatoms. The fourth-order valence-corrected chi connectivity index (χ4v) is 5.38. The zero-order chi connectivity index (χ0) is 29.4. The minimum atomic E-state index is -3.08. The van der Waals surface area contributed by atoms with Crippen LogP contribution in [0.5, 0.6) is 5.75 Å². The summed E-state index contributed by atoms with van der Waals surface area (Å²) in [6, 6.07) is 16.5. The van der Waals surface area contributed by atoms with Crippen LogP contribution in [0.15, 0.2) is 77.1 Å². The lowest BCUT2D eigenvalue weighted by molar-refractivity contribution is -0.140. The number of alkyl halides is 2. The van der Waals surface area contributed by atoms with E-state index < -0.39 is 24.5 Å². The van der Waals surface area contributed by atoms with Crippen LogP contribution in [0.1, 0.15) is 38.7 Å². The van der Waals surface area contributed by atoms with Gasteiger partial charge in [0.2, 0.25) is 0 Å². The Morgan fingerprint density at radius 1 is 0.902 bits per heavy atom. The van der Waals surface area contributed by atoms with Gasteiger partial charge in [0.25, 0.3) is 0 Å². The van der Waals surface area contributed by atoms with Crippen molar-refractivity contribution in [2.45, 2.75) is 39.7 Å². The smallest absolute Gasteiger partial charge is 0.387 e. The van der Waals surface area contributed by atoms with Crippen molar-refractivity contribution in [3.05, 3.63) is 82.7 Å². The summed E-state index contributed by atoms with van der Waals surface area (Å²) >= 11 is 0. The van der Waals surface area contributed by atoms with E-state index in [1.165, 1.54) is 11.8 Å². The van der Waals surface area contributed by atoms with E-state index in [1.807, 2.05) is 18.2 Å². The van der Waals surface area contributed by atoms with Gasteiger partial charge < -0.3 is 24.4 Å². The average Bonchev–Trinajstić information content (AvgIpc) is 2.95. The van der Waals surface area contributed by atoms with Crippen LogP contribution in [0, 0.1) is 0 Å². The number of nitrogens with one attached hydrogen (secondary N) is 1. The summed E-state index contributed by atoms with van der Waals surface area (Å²) in [5.41, 5.74) is 2.69. The molecule has 0 bridgehead atoms. The fourth-order valence-electron chi connectivity index (χ4n) is 5.38. The molecule has 1 saturated heterocycles. The number of halogens is 2. The maximum absolute atomic E-state index is 13.5. The quantitative estimate of drug-likeness (QED) is 0.304. The molecule has 2 heterocycles. The van der Waals surface area contributed by atoms with E-state index in [-0.39, 0.29) is 35.7 Å². The monoisotopic (exact) mass is 569 g/mol. The summed E-state index contributed by atoms with van der Waals surface area (Å²) in [4.78, 5) is 31.3. The topological polar surface area (TPSA) is 80.3 Å². The Balaban J connectivity index is 1.44. The molecule has 1 unspecified atom stereocenters. The summed E-state index contributed by atoms with van der Waals surface area (Å²) in [5.74, 6) is -2.42. The number of carbonyl (C=O) groups is 2. The Hall–Kier alpha value is -3.92. The number of ether oxygens (including phenoxy) is 3. The van der Waals surface area contributed by atoms with E-state index in [0.29, 0.717) is 17.8 Å². The molecule has 2 aromatic carbocycles. The predicted molar refractivity (Wildman–Crippen MR) is 152 cm³/mol. The van der Waals surface area contributed by atoms with Gasteiger partial charge in [0.15, 0.2) is 0 Å². The van der Waals surface area contributed by atoms with Gasteiger partial charge in [-0.3, -0.25) is 4.90 Å². The largest absolute Gasteiger partial charge is 0.463 e. The maximum Gasteiger partial charge on any atom is 0.387 e. The van der Waals surface area contributed by atoms with Crippen LogP contribution in [-0.2, 0) is 19.1 Å². The first kappa shape index (κ1) is 30.0. The summed E-state index contributed by atoms with van der Waals surface area (Å²) in [6.07, 6.45) is 0.631. The highest BCUT2D eigenvalue weighted by Crippen LogP contribution is 2.43. The minimum Gasteiger partial charge on any atom is -0.463 e. The number of esters is 2. The van der Waals surface area contributed by atoms with Gasteiger partial charge in [-0.2, -0.15) is 8.78 Å². The fraction of sp³-hybridized carbons (Fsp3) is 0.419. The molecule has 0 saturated carbocycles. The van der Waals surface area contributed by atoms with E-state index in [4.69, 9.17) is 14.2 Å². The van der Waals surface area contributed by atoms with Crippen LogP contribution in [0.3, 0.4) is 0 Å². The number of carbonyl (C=O) groups excluding carboxylic acids is 2. The number of piperazine rings is 1. The van der Waals surface area contributed by atoms with Gasteiger partial charge in [0, 0.05) is 55.4 Å². The van der Waals surface area contributed by atoms with Crippen molar-refractivity contribution in [1.82, 2.24) is 10.2 Å². The summed E-state index contributed by atoms with van der Waals surface area (Å²) < 4.78 is 42.3. The molecule has 1 fully saturated rings. The van der Waals surface area contributed by atoms with Crippen molar-refractivity contribution in [3.63, 3.8) is 0 Å². The van der Waals surface area contributed by atoms with Crippen molar-refractivity contribution >= 4 is 17.6 Å². The molecular weight excluding hydrogens is 532 g/mol. The average molecular weight is 570 g/mol. The van der Waals surface area contributed by atoms with E-state index in [1.54, 1.807) is 39.0 Å². The molecule has 0 amide bonds. The van der Waals surface area contributed by atoms with E-state index in [2.05, 4.69) is 27.2 Å². The van der Waals surface area contributed by atoms with E-state index in [9.17, 15) is 18.4 Å². The Morgan fingerprint density at radius 2 is 1.51 bits per heavy atom. The molecule has 4 rings (SSSR count). The second-order valence-corrected chi connectivity index (χ2v) is 9.93. The van der Waals surface area contributed by atoms with Crippen molar-refractivity contribution in [1.29, 1.82) is 0 Å². The van der Waals surface area contributed by atoms with Crippen molar-refractivity contribution < 1.29 is 32.6 Å². The van der Waals surface area contributed by atoms with Gasteiger partial charge in [0.05, 0.1) is 30.3 Å².